The van der Waals surface area contributed by atoms with Gasteiger partial charge in [0.05, 0.1) is 0 Å². The predicted molar refractivity (Wildman–Crippen MR) is 284 cm³/mol. The highest BCUT2D eigenvalue weighted by molar-refractivity contribution is 5.71. The zero-order chi connectivity index (χ0) is 47.9. The van der Waals surface area contributed by atoms with Crippen molar-refractivity contribution in [3.05, 3.63) is 72.9 Å². The molecule has 0 aromatic heterocycles. The van der Waals surface area contributed by atoms with Gasteiger partial charge in [-0.15, -0.1) is 0 Å². The highest BCUT2D eigenvalue weighted by Crippen LogP contribution is 2.15. The minimum Gasteiger partial charge on any atom is -0.462 e. The van der Waals surface area contributed by atoms with Crippen molar-refractivity contribution >= 4 is 17.9 Å². The van der Waals surface area contributed by atoms with E-state index >= 15 is 0 Å². The maximum absolute atomic E-state index is 12.8. The Kier molecular flexibility index (Phi) is 51.9. The van der Waals surface area contributed by atoms with Gasteiger partial charge in [-0.25, -0.2) is 0 Å². The Bertz CT molecular complexity index is 1240. The Balaban J connectivity index is 4.35. The molecule has 0 aromatic rings. The number of allylic oxidation sites excluding steroid dienone is 12. The molecule has 66 heavy (non-hydrogen) atoms. The van der Waals surface area contributed by atoms with Gasteiger partial charge < -0.3 is 14.2 Å². The highest BCUT2D eigenvalue weighted by Gasteiger charge is 2.19. The first-order chi connectivity index (χ1) is 32.5. The molecule has 0 heterocycles. The SMILES string of the molecule is CC/C=C\C/C=C\C/C=C\CCCCCCCCCC(=O)OC(COC(=O)CCCCCCCC/C=C\C/C=C\C/C=C\CCCCCCC)COC(=O)CCCCCCCCCCCC. The summed E-state index contributed by atoms with van der Waals surface area (Å²) in [5.41, 5.74) is 0. The summed E-state index contributed by atoms with van der Waals surface area (Å²) in [5.74, 6) is -0.901. The van der Waals surface area contributed by atoms with E-state index in [2.05, 4.69) is 93.7 Å². The van der Waals surface area contributed by atoms with Crippen molar-refractivity contribution in [2.45, 2.75) is 277 Å². The second-order valence-electron chi connectivity index (χ2n) is 18.5. The van der Waals surface area contributed by atoms with Gasteiger partial charge in [0, 0.05) is 19.3 Å². The molecule has 0 rings (SSSR count). The van der Waals surface area contributed by atoms with E-state index in [-0.39, 0.29) is 31.1 Å². The topological polar surface area (TPSA) is 78.9 Å². The van der Waals surface area contributed by atoms with Crippen LogP contribution in [0, 0.1) is 0 Å². The lowest BCUT2D eigenvalue weighted by atomic mass is 10.1. The number of hydrogen-bond acceptors (Lipinski definition) is 6. The molecule has 0 saturated heterocycles. The quantitative estimate of drug-likeness (QED) is 0.0262. The van der Waals surface area contributed by atoms with Crippen molar-refractivity contribution in [1.29, 1.82) is 0 Å². The second-order valence-corrected chi connectivity index (χ2v) is 18.5. The smallest absolute Gasteiger partial charge is 0.306 e. The van der Waals surface area contributed by atoms with Crippen molar-refractivity contribution in [3.63, 3.8) is 0 Å². The zero-order valence-electron chi connectivity index (χ0n) is 43.4. The maximum atomic E-state index is 12.8. The van der Waals surface area contributed by atoms with Gasteiger partial charge >= 0.3 is 17.9 Å². The second kappa shape index (κ2) is 54.5. The van der Waals surface area contributed by atoms with Gasteiger partial charge in [0.25, 0.3) is 0 Å². The third kappa shape index (κ3) is 51.8. The number of rotatable bonds is 50. The monoisotopic (exact) mass is 921 g/mol. The molecular formula is C60H104O6. The number of hydrogen-bond donors (Lipinski definition) is 0. The molecule has 0 aliphatic rings. The van der Waals surface area contributed by atoms with Crippen LogP contribution in [0.2, 0.25) is 0 Å². The number of esters is 3. The minimum absolute atomic E-state index is 0.0824. The third-order valence-electron chi connectivity index (χ3n) is 11.9. The molecule has 1 atom stereocenters. The van der Waals surface area contributed by atoms with Gasteiger partial charge in [-0.05, 0) is 89.9 Å². The van der Waals surface area contributed by atoms with Crippen LogP contribution >= 0.6 is 0 Å². The molecule has 0 bridgehead atoms. The van der Waals surface area contributed by atoms with Crippen LogP contribution < -0.4 is 0 Å². The average molecular weight is 921 g/mol. The molecule has 6 nitrogen and oxygen atoms in total. The molecular weight excluding hydrogens is 817 g/mol. The van der Waals surface area contributed by atoms with E-state index in [0.29, 0.717) is 19.3 Å². The lowest BCUT2D eigenvalue weighted by molar-refractivity contribution is -0.167. The Labute approximate surface area is 408 Å². The van der Waals surface area contributed by atoms with Crippen LogP contribution in [0.1, 0.15) is 271 Å². The molecule has 0 saturated carbocycles. The molecule has 0 radical (unpaired) electrons. The summed E-state index contributed by atoms with van der Waals surface area (Å²) in [7, 11) is 0. The number of carbonyl (C=O) groups is 3. The fourth-order valence-electron chi connectivity index (χ4n) is 7.76. The van der Waals surface area contributed by atoms with Crippen LogP contribution in [0.15, 0.2) is 72.9 Å². The Morgan fingerprint density at radius 1 is 0.318 bits per heavy atom. The molecule has 0 aliphatic carbocycles. The molecule has 0 fully saturated rings. The van der Waals surface area contributed by atoms with Crippen molar-refractivity contribution in [1.82, 2.24) is 0 Å². The molecule has 0 N–H and O–H groups in total. The largest absolute Gasteiger partial charge is 0.462 e. The van der Waals surface area contributed by atoms with Crippen LogP contribution in [0.4, 0.5) is 0 Å². The van der Waals surface area contributed by atoms with Crippen LogP contribution in [-0.4, -0.2) is 37.2 Å². The first-order valence-corrected chi connectivity index (χ1v) is 27.9. The van der Waals surface area contributed by atoms with E-state index in [0.717, 1.165) is 103 Å². The van der Waals surface area contributed by atoms with Crippen LogP contribution in [-0.2, 0) is 28.6 Å². The Morgan fingerprint density at radius 2 is 0.591 bits per heavy atom. The maximum Gasteiger partial charge on any atom is 0.306 e. The summed E-state index contributed by atoms with van der Waals surface area (Å²) >= 11 is 0. The summed E-state index contributed by atoms with van der Waals surface area (Å²) in [6.07, 6.45) is 68.9. The predicted octanol–water partition coefficient (Wildman–Crippen LogP) is 18.6. The van der Waals surface area contributed by atoms with Crippen molar-refractivity contribution in [2.75, 3.05) is 13.2 Å². The number of carbonyl (C=O) groups excluding carboxylic acids is 3. The van der Waals surface area contributed by atoms with Gasteiger partial charge in [0.15, 0.2) is 6.10 Å². The van der Waals surface area contributed by atoms with Crippen LogP contribution in [0.25, 0.3) is 0 Å². The first-order valence-electron chi connectivity index (χ1n) is 27.9. The Morgan fingerprint density at radius 3 is 0.924 bits per heavy atom. The third-order valence-corrected chi connectivity index (χ3v) is 11.9. The van der Waals surface area contributed by atoms with Crippen molar-refractivity contribution in [3.8, 4) is 0 Å². The molecule has 1 unspecified atom stereocenters. The van der Waals surface area contributed by atoms with Crippen molar-refractivity contribution in [2.24, 2.45) is 0 Å². The van der Waals surface area contributed by atoms with E-state index in [1.54, 1.807) is 0 Å². The van der Waals surface area contributed by atoms with E-state index in [1.807, 2.05) is 0 Å². The van der Waals surface area contributed by atoms with Gasteiger partial charge in [-0.3, -0.25) is 14.4 Å². The molecule has 0 spiro atoms. The zero-order valence-corrected chi connectivity index (χ0v) is 43.4. The molecule has 380 valence electrons. The first kappa shape index (κ1) is 62.8. The summed E-state index contributed by atoms with van der Waals surface area (Å²) < 4.78 is 16.8. The van der Waals surface area contributed by atoms with E-state index in [1.165, 1.54) is 128 Å². The summed E-state index contributed by atoms with van der Waals surface area (Å²) in [6, 6.07) is 0. The lowest BCUT2D eigenvalue weighted by Gasteiger charge is -2.18. The normalized spacial score (nSPS) is 12.6. The van der Waals surface area contributed by atoms with E-state index < -0.39 is 6.10 Å². The molecule has 0 aromatic carbocycles. The van der Waals surface area contributed by atoms with Gasteiger partial charge in [0.1, 0.15) is 13.2 Å². The summed E-state index contributed by atoms with van der Waals surface area (Å²) in [5, 5.41) is 0. The Hall–Kier alpha value is -3.15. The minimum atomic E-state index is -0.784. The standard InChI is InChI=1S/C60H104O6/c1-4-7-10-13-16-19-22-24-26-28-29-30-31-33-34-36-38-41-44-47-50-53-59(62)65-56-57(55-64-58(61)52-49-46-43-40-21-18-15-12-9-6-3)66-60(63)54-51-48-45-42-39-37-35-32-27-25-23-20-17-14-11-8-5-2/h8,11,17,20,22,24-25,27-29,31,33,57H,4-7,9-10,12-16,18-19,21,23,26,30,32,34-56H2,1-3H3/b11-8-,20-17-,24-22-,27-25-,29-28-,33-31-. The number of unbranched alkanes of at least 4 members (excludes halogenated alkanes) is 27. The van der Waals surface area contributed by atoms with Crippen LogP contribution in [0.3, 0.4) is 0 Å². The molecule has 0 amide bonds. The summed E-state index contributed by atoms with van der Waals surface area (Å²) in [4.78, 5) is 38.0. The molecule has 0 aliphatic heterocycles. The van der Waals surface area contributed by atoms with Gasteiger partial charge in [-0.2, -0.15) is 0 Å². The highest BCUT2D eigenvalue weighted by atomic mass is 16.6. The van der Waals surface area contributed by atoms with E-state index in [9.17, 15) is 14.4 Å². The number of ether oxygens (including phenoxy) is 3. The van der Waals surface area contributed by atoms with E-state index in [4.69, 9.17) is 14.2 Å². The van der Waals surface area contributed by atoms with Crippen LogP contribution in [0.5, 0.6) is 0 Å². The van der Waals surface area contributed by atoms with Crippen molar-refractivity contribution < 1.29 is 28.6 Å². The van der Waals surface area contributed by atoms with Gasteiger partial charge in [-0.1, -0.05) is 235 Å². The molecule has 6 heteroatoms. The summed E-state index contributed by atoms with van der Waals surface area (Å²) in [6.45, 7) is 6.50. The van der Waals surface area contributed by atoms with Gasteiger partial charge in [0.2, 0.25) is 0 Å². The average Bonchev–Trinajstić information content (AvgIpc) is 3.31. The lowest BCUT2D eigenvalue weighted by Crippen LogP contribution is -2.30. The fourth-order valence-corrected chi connectivity index (χ4v) is 7.76. The fraction of sp³-hybridized carbons (Fsp3) is 0.750.